The lowest BCUT2D eigenvalue weighted by Crippen LogP contribution is -2.73. The number of aromatic nitrogens is 2. The summed E-state index contributed by atoms with van der Waals surface area (Å²) in [7, 11) is -2.91. The summed E-state index contributed by atoms with van der Waals surface area (Å²) in [4.78, 5) is 14.9. The predicted molar refractivity (Wildman–Crippen MR) is 170 cm³/mol. The SMILES string of the molecule is CC(C)(C)n1nc([C@H]2C[C@@H](O[Si](c3ccccc3)(c3ccccc3)C(C)(C)C)[C@@H](N(C(=O)O)C34CC(C3)C4)C2)cc1N. The molecule has 2 aromatic carbocycles. The molecule has 0 spiro atoms. The highest BCUT2D eigenvalue weighted by Gasteiger charge is 2.65. The van der Waals surface area contributed by atoms with Crippen molar-refractivity contribution >= 4 is 30.6 Å². The minimum Gasteiger partial charge on any atom is -0.465 e. The van der Waals surface area contributed by atoms with Gasteiger partial charge in [0.25, 0.3) is 8.32 Å². The van der Waals surface area contributed by atoms with Crippen molar-refractivity contribution in [1.82, 2.24) is 14.7 Å². The van der Waals surface area contributed by atoms with Crippen LogP contribution < -0.4 is 16.1 Å². The number of rotatable bonds is 7. The van der Waals surface area contributed by atoms with Crippen LogP contribution in [-0.2, 0) is 9.96 Å². The van der Waals surface area contributed by atoms with E-state index in [1.807, 2.05) is 15.6 Å². The van der Waals surface area contributed by atoms with E-state index in [2.05, 4.69) is 102 Å². The normalized spacial score (nSPS) is 27.3. The van der Waals surface area contributed by atoms with E-state index in [1.54, 1.807) is 0 Å². The van der Waals surface area contributed by atoms with Gasteiger partial charge >= 0.3 is 6.09 Å². The van der Waals surface area contributed by atoms with Gasteiger partial charge in [-0.1, -0.05) is 81.4 Å². The first kappa shape index (κ1) is 29.0. The summed E-state index contributed by atoms with van der Waals surface area (Å²) in [5, 5.41) is 17.9. The van der Waals surface area contributed by atoms with E-state index < -0.39 is 14.4 Å². The van der Waals surface area contributed by atoms with Crippen molar-refractivity contribution in [2.45, 2.75) is 108 Å². The Morgan fingerprint density at radius 1 is 0.976 bits per heavy atom. The molecule has 0 radical (unpaired) electrons. The van der Waals surface area contributed by atoms with E-state index in [1.165, 1.54) is 10.4 Å². The zero-order chi connectivity index (χ0) is 30.1. The van der Waals surface area contributed by atoms with Crippen LogP contribution in [-0.4, -0.2) is 51.9 Å². The second-order valence-electron chi connectivity index (χ2n) is 15.0. The maximum absolute atomic E-state index is 13.1. The number of nitrogens with two attached hydrogens (primary N) is 1. The highest BCUT2D eigenvalue weighted by Crippen LogP contribution is 2.62. The lowest BCUT2D eigenvalue weighted by Gasteiger charge is -2.67. The summed E-state index contributed by atoms with van der Waals surface area (Å²) in [6.45, 7) is 13.1. The number of carbonyl (C=O) groups is 1. The van der Waals surface area contributed by atoms with Gasteiger partial charge in [-0.05, 0) is 74.2 Å². The van der Waals surface area contributed by atoms with Crippen molar-refractivity contribution < 1.29 is 14.3 Å². The number of nitrogen functional groups attached to an aromatic ring is 1. The monoisotopic (exact) mass is 586 g/mol. The van der Waals surface area contributed by atoms with Crippen LogP contribution in [0.2, 0.25) is 5.04 Å². The van der Waals surface area contributed by atoms with Crippen molar-refractivity contribution in [1.29, 1.82) is 0 Å². The van der Waals surface area contributed by atoms with E-state index in [9.17, 15) is 9.90 Å². The fourth-order valence-electron chi connectivity index (χ4n) is 8.11. The number of nitrogens with zero attached hydrogens (tertiary/aromatic N) is 3. The predicted octanol–water partition coefficient (Wildman–Crippen LogP) is 5.94. The molecule has 1 heterocycles. The van der Waals surface area contributed by atoms with Gasteiger partial charge in [-0.3, -0.25) is 4.90 Å². The third kappa shape index (κ3) is 4.58. The second kappa shape index (κ2) is 9.98. The van der Waals surface area contributed by atoms with Crippen molar-refractivity contribution in [3.8, 4) is 0 Å². The number of amides is 1. The summed E-state index contributed by atoms with van der Waals surface area (Å²) in [5.41, 5.74) is 6.91. The summed E-state index contributed by atoms with van der Waals surface area (Å²) in [6, 6.07) is 23.0. The number of hydrogen-bond acceptors (Lipinski definition) is 4. The van der Waals surface area contributed by atoms with E-state index in [0.29, 0.717) is 24.6 Å². The average Bonchev–Trinajstić information content (AvgIpc) is 3.47. The maximum atomic E-state index is 13.1. The molecule has 7 rings (SSSR count). The zero-order valence-electron chi connectivity index (χ0n) is 25.9. The molecule has 1 aromatic heterocycles. The highest BCUT2D eigenvalue weighted by atomic mass is 28.4. The molecule has 7 nitrogen and oxygen atoms in total. The Bertz CT molecular complexity index is 1390. The number of carboxylic acid groups (broad SMARTS) is 1. The fourth-order valence-corrected chi connectivity index (χ4v) is 12.8. The molecular formula is C34H46N4O3Si. The van der Waals surface area contributed by atoms with Gasteiger partial charge in [0.05, 0.1) is 23.4 Å². The second-order valence-corrected chi connectivity index (χ2v) is 19.2. The van der Waals surface area contributed by atoms with Crippen LogP contribution in [0.15, 0.2) is 66.7 Å². The Hall–Kier alpha value is -3.10. The van der Waals surface area contributed by atoms with E-state index >= 15 is 0 Å². The van der Waals surface area contributed by atoms with Crippen LogP contribution >= 0.6 is 0 Å². The maximum Gasteiger partial charge on any atom is 0.408 e. The lowest BCUT2D eigenvalue weighted by molar-refractivity contribution is -0.151. The molecule has 1 amide bonds. The molecular weight excluding hydrogens is 540 g/mol. The van der Waals surface area contributed by atoms with Crippen molar-refractivity contribution in [3.05, 3.63) is 72.4 Å². The van der Waals surface area contributed by atoms with Crippen molar-refractivity contribution in [3.63, 3.8) is 0 Å². The minimum atomic E-state index is -2.91. The first-order valence-corrected chi connectivity index (χ1v) is 17.3. The number of benzene rings is 2. The largest absolute Gasteiger partial charge is 0.465 e. The third-order valence-electron chi connectivity index (χ3n) is 10.1. The molecule has 2 bridgehead atoms. The molecule has 3 aromatic rings. The Morgan fingerprint density at radius 2 is 1.52 bits per heavy atom. The summed E-state index contributed by atoms with van der Waals surface area (Å²) in [5.74, 6) is 1.36. The number of anilines is 1. The minimum absolute atomic E-state index is 0.0540. The van der Waals surface area contributed by atoms with Crippen LogP contribution in [0.5, 0.6) is 0 Å². The molecule has 42 heavy (non-hydrogen) atoms. The van der Waals surface area contributed by atoms with Gasteiger partial charge in [-0.15, -0.1) is 0 Å². The molecule has 4 saturated carbocycles. The van der Waals surface area contributed by atoms with Gasteiger partial charge < -0.3 is 15.3 Å². The summed E-state index contributed by atoms with van der Waals surface area (Å²) >= 11 is 0. The molecule has 8 heteroatoms. The van der Waals surface area contributed by atoms with Crippen LogP contribution in [0, 0.1) is 5.92 Å². The quantitative estimate of drug-likeness (QED) is 0.334. The van der Waals surface area contributed by atoms with Crippen molar-refractivity contribution in [2.24, 2.45) is 5.92 Å². The molecule has 3 atom stereocenters. The molecule has 224 valence electrons. The van der Waals surface area contributed by atoms with Gasteiger partial charge in [0, 0.05) is 17.5 Å². The highest BCUT2D eigenvalue weighted by molar-refractivity contribution is 6.99. The van der Waals surface area contributed by atoms with E-state index in [0.717, 1.165) is 25.0 Å². The van der Waals surface area contributed by atoms with Crippen LogP contribution in [0.1, 0.15) is 85.3 Å². The fraction of sp³-hybridized carbons (Fsp3) is 0.529. The third-order valence-corrected chi connectivity index (χ3v) is 15.1. The topological polar surface area (TPSA) is 93.6 Å². The zero-order valence-corrected chi connectivity index (χ0v) is 26.9. The van der Waals surface area contributed by atoms with Crippen LogP contribution in [0.25, 0.3) is 0 Å². The smallest absolute Gasteiger partial charge is 0.408 e. The van der Waals surface area contributed by atoms with Crippen LogP contribution in [0.3, 0.4) is 0 Å². The standard InChI is InChI=1S/C34H46N4O3Si/c1-32(2,3)38-30(35)19-27(36-38)24-17-28(37(31(39)40)34-20-23(21-34)22-34)29(18-24)41-42(33(4,5)6,25-13-9-7-10-14-25)26-15-11-8-12-16-26/h7-16,19,23-24,28-29H,17-18,20-22,35H2,1-6H3,(H,39,40)/t23?,24-,28+,29-,34?/m1/s1. The average molecular weight is 587 g/mol. The van der Waals surface area contributed by atoms with Crippen LogP contribution in [0.4, 0.5) is 10.6 Å². The lowest BCUT2D eigenvalue weighted by atomic mass is 9.49. The first-order chi connectivity index (χ1) is 19.7. The molecule has 3 N–H and O–H groups in total. The summed E-state index contributed by atoms with van der Waals surface area (Å²) in [6.07, 6.45) is 3.21. The Balaban J connectivity index is 1.46. The Labute approximate surface area is 251 Å². The Morgan fingerprint density at radius 3 is 1.93 bits per heavy atom. The molecule has 4 fully saturated rings. The van der Waals surface area contributed by atoms with Gasteiger partial charge in [0.2, 0.25) is 0 Å². The van der Waals surface area contributed by atoms with Crippen molar-refractivity contribution in [2.75, 3.05) is 5.73 Å². The molecule has 0 saturated heterocycles. The number of hydrogen-bond donors (Lipinski definition) is 2. The molecule has 0 unspecified atom stereocenters. The van der Waals surface area contributed by atoms with Gasteiger partial charge in [0.15, 0.2) is 0 Å². The molecule has 4 aliphatic rings. The van der Waals surface area contributed by atoms with E-state index in [4.69, 9.17) is 15.3 Å². The first-order valence-electron chi connectivity index (χ1n) is 15.4. The van der Waals surface area contributed by atoms with Gasteiger partial charge in [0.1, 0.15) is 5.82 Å². The van der Waals surface area contributed by atoms with Gasteiger partial charge in [-0.25, -0.2) is 9.48 Å². The van der Waals surface area contributed by atoms with E-state index in [-0.39, 0.29) is 34.2 Å². The summed E-state index contributed by atoms with van der Waals surface area (Å²) < 4.78 is 9.58. The Kier molecular flexibility index (Phi) is 6.89. The molecule has 4 aliphatic carbocycles. The van der Waals surface area contributed by atoms with Gasteiger partial charge in [-0.2, -0.15) is 5.10 Å². The molecule has 0 aliphatic heterocycles.